The second-order valence-corrected chi connectivity index (χ2v) is 12.2. The first-order chi connectivity index (χ1) is 20.6. The van der Waals surface area contributed by atoms with Gasteiger partial charge in [-0.1, -0.05) is 44.2 Å². The van der Waals surface area contributed by atoms with Crippen molar-refractivity contribution in [2.75, 3.05) is 38.2 Å². The number of carbonyl (C=O) groups excluding carboxylic acids is 3. The van der Waals surface area contributed by atoms with E-state index < -0.39 is 27.7 Å². The SMILES string of the molecule is CCN(CC)S(=O)(=O)c1ccc(C(=O)N(CCN2C(=O)c3cccc4cccc(c34)C2=O)c2ccc(C)cc2OC)cc1. The number of rotatable bonds is 10. The van der Waals surface area contributed by atoms with Crippen LogP contribution < -0.4 is 9.64 Å². The molecule has 4 aromatic carbocycles. The Morgan fingerprint density at radius 3 is 2.02 bits per heavy atom. The van der Waals surface area contributed by atoms with Crippen LogP contribution in [0.15, 0.2) is 83.8 Å². The zero-order valence-corrected chi connectivity index (χ0v) is 25.3. The van der Waals surface area contributed by atoms with E-state index in [1.165, 1.54) is 40.6 Å². The van der Waals surface area contributed by atoms with Crippen molar-refractivity contribution in [3.8, 4) is 5.75 Å². The quantitative estimate of drug-likeness (QED) is 0.234. The Hall–Kier alpha value is -4.54. The van der Waals surface area contributed by atoms with Gasteiger partial charge in [-0.2, -0.15) is 4.31 Å². The molecule has 0 aromatic heterocycles. The van der Waals surface area contributed by atoms with Crippen molar-refractivity contribution < 1.29 is 27.5 Å². The Kier molecular flexibility index (Phi) is 8.34. The van der Waals surface area contributed by atoms with Crippen molar-refractivity contribution in [3.05, 3.63) is 101 Å². The van der Waals surface area contributed by atoms with E-state index >= 15 is 0 Å². The molecule has 0 N–H and O–H groups in total. The minimum Gasteiger partial charge on any atom is -0.495 e. The number of aryl methyl sites for hydroxylation is 1. The summed E-state index contributed by atoms with van der Waals surface area (Å²) in [6.07, 6.45) is 0. The molecule has 4 aromatic rings. The summed E-state index contributed by atoms with van der Waals surface area (Å²) in [7, 11) is -2.20. The summed E-state index contributed by atoms with van der Waals surface area (Å²) in [5.74, 6) is -0.846. The topological polar surface area (TPSA) is 104 Å². The van der Waals surface area contributed by atoms with E-state index in [4.69, 9.17) is 4.74 Å². The third-order valence-electron chi connectivity index (χ3n) is 7.72. The first-order valence-electron chi connectivity index (χ1n) is 14.1. The van der Waals surface area contributed by atoms with Crippen molar-refractivity contribution in [1.29, 1.82) is 0 Å². The molecule has 43 heavy (non-hydrogen) atoms. The maximum Gasteiger partial charge on any atom is 0.261 e. The third kappa shape index (κ3) is 5.39. The van der Waals surface area contributed by atoms with Gasteiger partial charge in [-0.25, -0.2) is 8.42 Å². The third-order valence-corrected chi connectivity index (χ3v) is 9.78. The first kappa shape index (κ1) is 29.9. The molecule has 0 saturated heterocycles. The number of nitrogens with zero attached hydrogens (tertiary/aromatic N) is 3. The lowest BCUT2D eigenvalue weighted by Crippen LogP contribution is -2.46. The highest BCUT2D eigenvalue weighted by molar-refractivity contribution is 7.89. The fourth-order valence-electron chi connectivity index (χ4n) is 5.46. The van der Waals surface area contributed by atoms with Gasteiger partial charge in [0.2, 0.25) is 10.0 Å². The van der Waals surface area contributed by atoms with Crippen molar-refractivity contribution in [3.63, 3.8) is 0 Å². The highest BCUT2D eigenvalue weighted by Crippen LogP contribution is 2.33. The summed E-state index contributed by atoms with van der Waals surface area (Å²) in [5, 5.41) is 1.44. The molecule has 1 aliphatic heterocycles. The van der Waals surface area contributed by atoms with Crippen LogP contribution in [-0.4, -0.2) is 68.6 Å². The number of ether oxygens (including phenoxy) is 1. The van der Waals surface area contributed by atoms with Gasteiger partial charge in [-0.3, -0.25) is 19.3 Å². The van der Waals surface area contributed by atoms with E-state index in [0.29, 0.717) is 41.0 Å². The molecule has 222 valence electrons. The number of imide groups is 1. The molecule has 5 rings (SSSR count). The number of anilines is 1. The standard InChI is InChI=1S/C33H33N3O6S/c1-5-34(6-2)43(40,41)25-16-14-24(15-17-25)31(37)35(28-18-13-22(3)21-29(28)42-4)19-20-36-32(38)26-11-7-9-23-10-8-12-27(30(23)26)33(36)39/h7-18,21H,5-6,19-20H2,1-4H3. The number of hydrogen-bond acceptors (Lipinski definition) is 6. The molecule has 10 heteroatoms. The average molecular weight is 600 g/mol. The highest BCUT2D eigenvalue weighted by Gasteiger charge is 2.34. The number of sulfonamides is 1. The van der Waals surface area contributed by atoms with Gasteiger partial charge in [0.05, 0.1) is 17.7 Å². The van der Waals surface area contributed by atoms with Crippen LogP contribution in [0.3, 0.4) is 0 Å². The Labute approximate surface area is 251 Å². The van der Waals surface area contributed by atoms with Gasteiger partial charge in [0.1, 0.15) is 5.75 Å². The van der Waals surface area contributed by atoms with Crippen LogP contribution in [-0.2, 0) is 10.0 Å². The van der Waals surface area contributed by atoms with Crippen molar-refractivity contribution in [2.45, 2.75) is 25.7 Å². The summed E-state index contributed by atoms with van der Waals surface area (Å²) in [6.45, 7) is 6.00. The zero-order valence-electron chi connectivity index (χ0n) is 24.5. The predicted octanol–water partition coefficient (Wildman–Crippen LogP) is 5.13. The van der Waals surface area contributed by atoms with Gasteiger partial charge < -0.3 is 9.64 Å². The number of amides is 3. The average Bonchev–Trinajstić information content (AvgIpc) is 3.02. The summed E-state index contributed by atoms with van der Waals surface area (Å²) >= 11 is 0. The van der Waals surface area contributed by atoms with Crippen LogP contribution in [0.4, 0.5) is 5.69 Å². The maximum atomic E-state index is 14.0. The Bertz CT molecular complexity index is 1780. The minimum absolute atomic E-state index is 0.0205. The smallest absolute Gasteiger partial charge is 0.261 e. The first-order valence-corrected chi connectivity index (χ1v) is 15.5. The minimum atomic E-state index is -3.70. The molecule has 0 atom stereocenters. The lowest BCUT2D eigenvalue weighted by Gasteiger charge is -2.31. The van der Waals surface area contributed by atoms with E-state index in [-0.39, 0.29) is 23.5 Å². The van der Waals surface area contributed by atoms with Crippen molar-refractivity contribution in [2.24, 2.45) is 0 Å². The van der Waals surface area contributed by atoms with Gasteiger partial charge in [-0.15, -0.1) is 0 Å². The van der Waals surface area contributed by atoms with E-state index in [1.54, 1.807) is 50.2 Å². The second kappa shape index (κ2) is 12.0. The maximum absolute atomic E-state index is 14.0. The molecule has 0 radical (unpaired) electrons. The molecular weight excluding hydrogens is 566 g/mol. The van der Waals surface area contributed by atoms with Gasteiger partial charge in [-0.05, 0) is 66.4 Å². The zero-order chi connectivity index (χ0) is 30.9. The molecule has 0 spiro atoms. The van der Waals surface area contributed by atoms with Crippen LogP contribution in [0.25, 0.3) is 10.8 Å². The number of hydrogen-bond donors (Lipinski definition) is 0. The largest absolute Gasteiger partial charge is 0.495 e. The molecule has 9 nitrogen and oxygen atoms in total. The Morgan fingerprint density at radius 2 is 1.47 bits per heavy atom. The summed E-state index contributed by atoms with van der Waals surface area (Å²) in [5.41, 5.74) is 2.49. The van der Waals surface area contributed by atoms with Gasteiger partial charge in [0.15, 0.2) is 0 Å². The number of carbonyl (C=O) groups is 3. The highest BCUT2D eigenvalue weighted by atomic mass is 32.2. The lowest BCUT2D eigenvalue weighted by atomic mass is 9.94. The lowest BCUT2D eigenvalue weighted by molar-refractivity contribution is 0.0611. The number of methoxy groups -OCH3 is 1. The van der Waals surface area contributed by atoms with Crippen LogP contribution in [0.2, 0.25) is 0 Å². The van der Waals surface area contributed by atoms with Gasteiger partial charge in [0.25, 0.3) is 17.7 Å². The monoisotopic (exact) mass is 599 g/mol. The molecule has 0 aliphatic carbocycles. The summed E-state index contributed by atoms with van der Waals surface area (Å²) < 4.78 is 32.9. The molecule has 1 heterocycles. The Morgan fingerprint density at radius 1 is 0.860 bits per heavy atom. The van der Waals surface area contributed by atoms with Crippen LogP contribution in [0.1, 0.15) is 50.5 Å². The molecule has 0 fully saturated rings. The van der Waals surface area contributed by atoms with Crippen molar-refractivity contribution >= 4 is 44.2 Å². The van der Waals surface area contributed by atoms with E-state index in [9.17, 15) is 22.8 Å². The van der Waals surface area contributed by atoms with Crippen LogP contribution in [0.5, 0.6) is 5.75 Å². The van der Waals surface area contributed by atoms with Crippen LogP contribution in [0, 0.1) is 6.92 Å². The summed E-state index contributed by atoms with van der Waals surface area (Å²) in [4.78, 5) is 43.8. The van der Waals surface area contributed by atoms with Gasteiger partial charge in [0, 0.05) is 48.3 Å². The molecule has 3 amide bonds. The normalized spacial score (nSPS) is 13.1. The summed E-state index contributed by atoms with van der Waals surface area (Å²) in [6, 6.07) is 21.9. The van der Waals surface area contributed by atoms with E-state index in [0.717, 1.165) is 15.8 Å². The molecule has 1 aliphatic rings. The van der Waals surface area contributed by atoms with E-state index in [1.807, 2.05) is 25.1 Å². The van der Waals surface area contributed by atoms with Crippen molar-refractivity contribution in [1.82, 2.24) is 9.21 Å². The molecular formula is C33H33N3O6S. The molecule has 0 bridgehead atoms. The Balaban J connectivity index is 1.49. The number of benzene rings is 4. The molecule has 0 saturated carbocycles. The fraction of sp³-hybridized carbons (Fsp3) is 0.242. The predicted molar refractivity (Wildman–Crippen MR) is 165 cm³/mol. The van der Waals surface area contributed by atoms with Gasteiger partial charge >= 0.3 is 0 Å². The fourth-order valence-corrected chi connectivity index (χ4v) is 6.92. The second-order valence-electron chi connectivity index (χ2n) is 10.2. The van der Waals surface area contributed by atoms with E-state index in [2.05, 4.69) is 0 Å². The van der Waals surface area contributed by atoms with Crippen LogP contribution >= 0.6 is 0 Å². The molecule has 0 unspecified atom stereocenters.